The number of fused-ring (bicyclic) bond motifs is 1. The third kappa shape index (κ3) is 2.20. The second kappa shape index (κ2) is 4.31. The van der Waals surface area contributed by atoms with Crippen molar-refractivity contribution in [2.75, 3.05) is 0 Å². The highest BCUT2D eigenvalue weighted by Crippen LogP contribution is 2.30. The predicted molar refractivity (Wildman–Crippen MR) is 61.0 cm³/mol. The minimum atomic E-state index is -0.485. The van der Waals surface area contributed by atoms with Gasteiger partial charge >= 0.3 is 0 Å². The molecule has 4 N–H and O–H groups in total. The van der Waals surface area contributed by atoms with Crippen LogP contribution in [0.1, 0.15) is 13.3 Å². The predicted octanol–water partition coefficient (Wildman–Crippen LogP) is 0.682. The van der Waals surface area contributed by atoms with Crippen molar-refractivity contribution in [1.82, 2.24) is 5.32 Å². The van der Waals surface area contributed by atoms with Gasteiger partial charge in [-0.2, -0.15) is 0 Å². The van der Waals surface area contributed by atoms with Gasteiger partial charge in [0.05, 0.1) is 0 Å². The van der Waals surface area contributed by atoms with Gasteiger partial charge in [0.2, 0.25) is 0 Å². The van der Waals surface area contributed by atoms with Crippen LogP contribution in [0.25, 0.3) is 0 Å². The zero-order valence-electron chi connectivity index (χ0n) is 8.93. The molecule has 0 amide bonds. The van der Waals surface area contributed by atoms with Crippen molar-refractivity contribution in [3.63, 3.8) is 0 Å². The first kappa shape index (κ1) is 10.6. The van der Waals surface area contributed by atoms with Crippen LogP contribution in [0, 0.1) is 5.92 Å². The summed E-state index contributed by atoms with van der Waals surface area (Å²) in [6.07, 6.45) is 10.8. The Hall–Kier alpha value is -0.900. The molecule has 0 radical (unpaired) electrons. The number of hydrogen-bond acceptors (Lipinski definition) is 3. The number of nitrogens with one attached hydrogen (secondary N) is 1. The van der Waals surface area contributed by atoms with Crippen LogP contribution in [-0.2, 0) is 0 Å². The highest BCUT2D eigenvalue weighted by molar-refractivity contribution is 5.37. The molecule has 4 atom stereocenters. The van der Waals surface area contributed by atoms with Gasteiger partial charge in [-0.3, -0.25) is 5.32 Å². The lowest BCUT2D eigenvalue weighted by Crippen LogP contribution is -2.49. The molecule has 0 aromatic heterocycles. The first-order valence-electron chi connectivity index (χ1n) is 5.43. The lowest BCUT2D eigenvalue weighted by Gasteiger charge is -2.36. The molecule has 0 aromatic rings. The smallest absolute Gasteiger partial charge is 0.102 e. The molecule has 0 heterocycles. The first-order valence-corrected chi connectivity index (χ1v) is 5.43. The van der Waals surface area contributed by atoms with E-state index in [9.17, 15) is 5.11 Å². The first-order chi connectivity index (χ1) is 7.18. The van der Waals surface area contributed by atoms with E-state index in [1.807, 2.05) is 12.2 Å². The van der Waals surface area contributed by atoms with Crippen molar-refractivity contribution in [2.24, 2.45) is 11.7 Å². The molecule has 15 heavy (non-hydrogen) atoms. The highest BCUT2D eigenvalue weighted by atomic mass is 16.3. The molecule has 0 aromatic carbocycles. The molecular weight excluding hydrogens is 188 g/mol. The Morgan fingerprint density at radius 2 is 2.40 bits per heavy atom. The van der Waals surface area contributed by atoms with Crippen LogP contribution in [0.15, 0.2) is 36.0 Å². The minimum absolute atomic E-state index is 0.0474. The van der Waals surface area contributed by atoms with Crippen LogP contribution >= 0.6 is 0 Å². The van der Waals surface area contributed by atoms with E-state index in [-0.39, 0.29) is 18.0 Å². The summed E-state index contributed by atoms with van der Waals surface area (Å²) < 4.78 is 0. The summed E-state index contributed by atoms with van der Waals surface area (Å²) in [6, 6.07) is 0.285. The van der Waals surface area contributed by atoms with Gasteiger partial charge in [-0.05, 0) is 18.9 Å². The summed E-state index contributed by atoms with van der Waals surface area (Å²) in [4.78, 5) is 0. The van der Waals surface area contributed by atoms with Gasteiger partial charge in [0.15, 0.2) is 0 Å². The molecule has 0 spiro atoms. The van der Waals surface area contributed by atoms with E-state index in [2.05, 4.69) is 23.5 Å². The zero-order chi connectivity index (χ0) is 10.8. The molecule has 2 aliphatic rings. The highest BCUT2D eigenvalue weighted by Gasteiger charge is 2.31. The van der Waals surface area contributed by atoms with E-state index in [0.29, 0.717) is 0 Å². The Labute approximate surface area is 90.4 Å². The van der Waals surface area contributed by atoms with Gasteiger partial charge in [0.1, 0.15) is 6.23 Å². The summed E-state index contributed by atoms with van der Waals surface area (Å²) in [5.41, 5.74) is 7.33. The van der Waals surface area contributed by atoms with E-state index in [4.69, 9.17) is 5.73 Å². The van der Waals surface area contributed by atoms with Crippen molar-refractivity contribution >= 4 is 0 Å². The Balaban J connectivity index is 2.18. The Morgan fingerprint density at radius 1 is 1.60 bits per heavy atom. The summed E-state index contributed by atoms with van der Waals surface area (Å²) in [6.45, 7) is 1.74. The van der Waals surface area contributed by atoms with Gasteiger partial charge in [-0.15, -0.1) is 0 Å². The Bertz CT molecular complexity index is 318. The van der Waals surface area contributed by atoms with Crippen molar-refractivity contribution in [1.29, 1.82) is 0 Å². The number of hydrogen-bond donors (Lipinski definition) is 3. The molecule has 0 saturated carbocycles. The van der Waals surface area contributed by atoms with Crippen LogP contribution in [0.4, 0.5) is 0 Å². The van der Waals surface area contributed by atoms with E-state index < -0.39 is 6.23 Å². The molecule has 2 rings (SSSR count). The SMILES string of the molecule is CC(O)NC1CC=CC2=CC=CC(N)C21. The second-order valence-corrected chi connectivity index (χ2v) is 4.24. The average molecular weight is 206 g/mol. The Morgan fingerprint density at radius 3 is 3.13 bits per heavy atom. The Kier molecular flexibility index (Phi) is 3.05. The maximum absolute atomic E-state index is 9.37. The lowest BCUT2D eigenvalue weighted by atomic mass is 9.77. The number of aliphatic hydroxyl groups excluding tert-OH is 1. The average Bonchev–Trinajstić information content (AvgIpc) is 2.17. The number of nitrogens with two attached hydrogens (primary N) is 1. The summed E-state index contributed by atoms with van der Waals surface area (Å²) in [7, 11) is 0. The van der Waals surface area contributed by atoms with Crippen LogP contribution in [-0.4, -0.2) is 23.4 Å². The van der Waals surface area contributed by atoms with Gasteiger partial charge in [-0.1, -0.05) is 30.4 Å². The lowest BCUT2D eigenvalue weighted by molar-refractivity contribution is 0.127. The van der Waals surface area contributed by atoms with Gasteiger partial charge in [0, 0.05) is 18.0 Å². The molecule has 3 nitrogen and oxygen atoms in total. The van der Waals surface area contributed by atoms with Crippen molar-refractivity contribution in [3.8, 4) is 0 Å². The van der Waals surface area contributed by atoms with Crippen LogP contribution in [0.5, 0.6) is 0 Å². The molecule has 2 aliphatic carbocycles. The van der Waals surface area contributed by atoms with Crippen LogP contribution in [0.3, 0.4) is 0 Å². The van der Waals surface area contributed by atoms with E-state index in [1.54, 1.807) is 6.92 Å². The van der Waals surface area contributed by atoms with Crippen molar-refractivity contribution < 1.29 is 5.11 Å². The topological polar surface area (TPSA) is 58.3 Å². The van der Waals surface area contributed by atoms with Gasteiger partial charge < -0.3 is 10.8 Å². The largest absolute Gasteiger partial charge is 0.379 e. The van der Waals surface area contributed by atoms with Crippen LogP contribution in [0.2, 0.25) is 0 Å². The summed E-state index contributed by atoms with van der Waals surface area (Å²) in [5, 5.41) is 12.5. The molecular formula is C12H18N2O. The van der Waals surface area contributed by atoms with Gasteiger partial charge in [0.25, 0.3) is 0 Å². The second-order valence-electron chi connectivity index (χ2n) is 4.24. The zero-order valence-corrected chi connectivity index (χ0v) is 8.93. The monoisotopic (exact) mass is 206 g/mol. The molecule has 0 saturated heterocycles. The number of rotatable bonds is 2. The fourth-order valence-corrected chi connectivity index (χ4v) is 2.39. The van der Waals surface area contributed by atoms with E-state index in [1.165, 1.54) is 5.57 Å². The maximum atomic E-state index is 9.37. The fraction of sp³-hybridized carbons (Fsp3) is 0.500. The summed E-state index contributed by atoms with van der Waals surface area (Å²) in [5.74, 6) is 0.287. The molecule has 0 aliphatic heterocycles. The standard InChI is InChI=1S/C12H18N2O/c1-8(15)14-11-7-3-5-9-4-2-6-10(13)12(9)11/h2-6,8,10-12,14-15H,7,13H2,1H3. The van der Waals surface area contributed by atoms with Crippen molar-refractivity contribution in [2.45, 2.75) is 31.7 Å². The minimum Gasteiger partial charge on any atom is -0.379 e. The fourth-order valence-electron chi connectivity index (χ4n) is 2.39. The van der Waals surface area contributed by atoms with E-state index >= 15 is 0 Å². The summed E-state index contributed by atoms with van der Waals surface area (Å²) >= 11 is 0. The quantitative estimate of drug-likeness (QED) is 0.582. The maximum Gasteiger partial charge on any atom is 0.102 e. The molecule has 3 heteroatoms. The van der Waals surface area contributed by atoms with Crippen molar-refractivity contribution in [3.05, 3.63) is 36.0 Å². The van der Waals surface area contributed by atoms with Gasteiger partial charge in [-0.25, -0.2) is 0 Å². The number of aliphatic hydroxyl groups is 1. The van der Waals surface area contributed by atoms with E-state index in [0.717, 1.165) is 6.42 Å². The molecule has 4 unspecified atom stereocenters. The van der Waals surface area contributed by atoms with Crippen LogP contribution < -0.4 is 11.1 Å². The molecule has 82 valence electrons. The number of allylic oxidation sites excluding steroid dienone is 3. The third-order valence-corrected chi connectivity index (χ3v) is 3.01. The third-order valence-electron chi connectivity index (χ3n) is 3.01. The normalized spacial score (nSPS) is 35.9. The molecule has 0 bridgehead atoms. The molecule has 0 fully saturated rings.